The lowest BCUT2D eigenvalue weighted by molar-refractivity contribution is -0.144. The highest BCUT2D eigenvalue weighted by Crippen LogP contribution is 2.30. The molecule has 1 fully saturated rings. The number of carboxylic acid groups (broad SMARTS) is 1. The first kappa shape index (κ1) is 16.3. The summed E-state index contributed by atoms with van der Waals surface area (Å²) in [5, 5.41) is 13.6. The van der Waals surface area contributed by atoms with Gasteiger partial charge in [-0.25, -0.2) is 0 Å². The Morgan fingerprint density at radius 3 is 2.86 bits per heavy atom. The molecule has 0 amide bonds. The fourth-order valence-electron chi connectivity index (χ4n) is 3.29. The molecule has 1 saturated carbocycles. The van der Waals surface area contributed by atoms with Crippen molar-refractivity contribution in [1.29, 1.82) is 0 Å². The van der Waals surface area contributed by atoms with Gasteiger partial charge < -0.3 is 10.4 Å². The Morgan fingerprint density at radius 2 is 2.19 bits per heavy atom. The van der Waals surface area contributed by atoms with Crippen molar-refractivity contribution in [2.24, 2.45) is 11.8 Å². The smallest absolute Gasteiger partial charge is 0.306 e. The summed E-state index contributed by atoms with van der Waals surface area (Å²) >= 11 is 6.05. The predicted molar refractivity (Wildman–Crippen MR) is 85.6 cm³/mol. The summed E-state index contributed by atoms with van der Waals surface area (Å²) in [6, 6.07) is 8.13. The van der Waals surface area contributed by atoms with Crippen LogP contribution < -0.4 is 5.32 Å². The number of halogens is 1. The molecule has 0 saturated heterocycles. The van der Waals surface area contributed by atoms with Crippen molar-refractivity contribution in [2.75, 3.05) is 6.54 Å². The predicted octanol–water partition coefficient (Wildman–Crippen LogP) is 4.27. The fraction of sp³-hybridized carbons (Fsp3) is 0.588. The first-order valence-corrected chi connectivity index (χ1v) is 8.21. The molecule has 0 aliphatic heterocycles. The van der Waals surface area contributed by atoms with Gasteiger partial charge in [-0.3, -0.25) is 4.79 Å². The van der Waals surface area contributed by atoms with Crippen molar-refractivity contribution >= 4 is 17.6 Å². The Labute approximate surface area is 131 Å². The van der Waals surface area contributed by atoms with Crippen molar-refractivity contribution in [2.45, 2.75) is 45.1 Å². The van der Waals surface area contributed by atoms with Crippen LogP contribution in [-0.2, 0) is 4.79 Å². The second kappa shape index (κ2) is 7.81. The van der Waals surface area contributed by atoms with Gasteiger partial charge in [0.2, 0.25) is 0 Å². The summed E-state index contributed by atoms with van der Waals surface area (Å²) in [7, 11) is 0. The van der Waals surface area contributed by atoms with E-state index in [1.807, 2.05) is 18.2 Å². The average Bonchev–Trinajstić information content (AvgIpc) is 2.48. The minimum Gasteiger partial charge on any atom is -0.481 e. The molecule has 2 rings (SSSR count). The van der Waals surface area contributed by atoms with Crippen molar-refractivity contribution in [3.05, 3.63) is 34.9 Å². The van der Waals surface area contributed by atoms with Crippen LogP contribution in [0.5, 0.6) is 0 Å². The van der Waals surface area contributed by atoms with E-state index in [4.69, 9.17) is 11.6 Å². The third kappa shape index (κ3) is 4.45. The molecule has 1 aliphatic carbocycles. The molecule has 21 heavy (non-hydrogen) atoms. The van der Waals surface area contributed by atoms with Gasteiger partial charge in [-0.05, 0) is 49.4 Å². The van der Waals surface area contributed by atoms with Crippen LogP contribution in [0.2, 0.25) is 5.02 Å². The van der Waals surface area contributed by atoms with Gasteiger partial charge in [0.15, 0.2) is 0 Å². The second-order valence-electron chi connectivity index (χ2n) is 5.91. The highest BCUT2D eigenvalue weighted by molar-refractivity contribution is 6.30. The van der Waals surface area contributed by atoms with E-state index in [1.54, 1.807) is 0 Å². The number of nitrogens with one attached hydrogen (secondary N) is 1. The zero-order valence-corrected chi connectivity index (χ0v) is 13.3. The van der Waals surface area contributed by atoms with Gasteiger partial charge >= 0.3 is 5.97 Å². The van der Waals surface area contributed by atoms with Gasteiger partial charge in [-0.2, -0.15) is 0 Å². The fourth-order valence-corrected chi connectivity index (χ4v) is 3.49. The Hall–Kier alpha value is -1.06. The van der Waals surface area contributed by atoms with Crippen LogP contribution in [0.4, 0.5) is 0 Å². The van der Waals surface area contributed by atoms with Crippen LogP contribution in [0, 0.1) is 11.8 Å². The molecular weight excluding hydrogens is 286 g/mol. The molecule has 2 N–H and O–H groups in total. The second-order valence-corrected chi connectivity index (χ2v) is 6.35. The summed E-state index contributed by atoms with van der Waals surface area (Å²) in [6.45, 7) is 2.90. The summed E-state index contributed by atoms with van der Waals surface area (Å²) in [4.78, 5) is 11.3. The summed E-state index contributed by atoms with van der Waals surface area (Å²) in [5.41, 5.74) is 1.17. The molecule has 4 heteroatoms. The van der Waals surface area contributed by atoms with Crippen LogP contribution in [0.1, 0.15) is 50.6 Å². The number of aliphatic carboxylic acids is 1. The molecule has 0 radical (unpaired) electrons. The van der Waals surface area contributed by atoms with Gasteiger partial charge in [-0.1, -0.05) is 43.5 Å². The van der Waals surface area contributed by atoms with Gasteiger partial charge in [0.1, 0.15) is 0 Å². The standard InChI is InChI=1S/C17H24ClNO2/c1-2-16(12-7-5-8-14(18)10-12)19-11-13-6-3-4-9-15(13)17(20)21/h5,7-8,10,13,15-16,19H,2-4,6,9,11H2,1H3,(H,20,21). The zero-order valence-electron chi connectivity index (χ0n) is 12.5. The van der Waals surface area contributed by atoms with Crippen molar-refractivity contribution < 1.29 is 9.90 Å². The van der Waals surface area contributed by atoms with E-state index < -0.39 is 5.97 Å². The van der Waals surface area contributed by atoms with E-state index >= 15 is 0 Å². The zero-order chi connectivity index (χ0) is 15.2. The Kier molecular flexibility index (Phi) is 6.07. The van der Waals surface area contributed by atoms with Crippen LogP contribution in [0.15, 0.2) is 24.3 Å². The molecule has 1 aliphatic rings. The van der Waals surface area contributed by atoms with Gasteiger partial charge in [-0.15, -0.1) is 0 Å². The van der Waals surface area contributed by atoms with E-state index in [0.717, 1.165) is 43.7 Å². The van der Waals surface area contributed by atoms with E-state index in [9.17, 15) is 9.90 Å². The van der Waals surface area contributed by atoms with E-state index in [2.05, 4.69) is 18.3 Å². The highest BCUT2D eigenvalue weighted by atomic mass is 35.5. The first-order chi connectivity index (χ1) is 10.1. The average molecular weight is 310 g/mol. The SMILES string of the molecule is CCC(NCC1CCCCC1C(=O)O)c1cccc(Cl)c1. The van der Waals surface area contributed by atoms with Crippen LogP contribution in [0.25, 0.3) is 0 Å². The lowest BCUT2D eigenvalue weighted by Crippen LogP contribution is -2.36. The number of hydrogen-bond acceptors (Lipinski definition) is 2. The van der Waals surface area contributed by atoms with Crippen LogP contribution in [0.3, 0.4) is 0 Å². The summed E-state index contributed by atoms with van der Waals surface area (Å²) < 4.78 is 0. The molecule has 3 nitrogen and oxygen atoms in total. The molecule has 3 unspecified atom stereocenters. The van der Waals surface area contributed by atoms with Crippen LogP contribution in [-0.4, -0.2) is 17.6 Å². The summed E-state index contributed by atoms with van der Waals surface area (Å²) in [5.74, 6) is -0.593. The Morgan fingerprint density at radius 1 is 1.43 bits per heavy atom. The normalized spacial score (nSPS) is 23.7. The van der Waals surface area contributed by atoms with Gasteiger partial charge in [0, 0.05) is 11.1 Å². The minimum absolute atomic E-state index is 0.192. The van der Waals surface area contributed by atoms with Gasteiger partial charge in [0.25, 0.3) is 0 Å². The quantitative estimate of drug-likeness (QED) is 0.825. The number of hydrogen-bond donors (Lipinski definition) is 2. The monoisotopic (exact) mass is 309 g/mol. The molecule has 3 atom stereocenters. The number of carboxylic acids is 1. The van der Waals surface area contributed by atoms with E-state index in [-0.39, 0.29) is 17.9 Å². The highest BCUT2D eigenvalue weighted by Gasteiger charge is 2.30. The number of benzene rings is 1. The number of carbonyl (C=O) groups is 1. The molecule has 1 aromatic carbocycles. The minimum atomic E-state index is -0.641. The van der Waals surface area contributed by atoms with Crippen LogP contribution >= 0.6 is 11.6 Å². The maximum atomic E-state index is 11.3. The Balaban J connectivity index is 1.97. The molecule has 0 bridgehead atoms. The Bertz CT molecular complexity index is 478. The first-order valence-electron chi connectivity index (χ1n) is 7.83. The number of rotatable bonds is 6. The van der Waals surface area contributed by atoms with Gasteiger partial charge in [0.05, 0.1) is 5.92 Å². The third-order valence-corrected chi connectivity index (χ3v) is 4.75. The molecule has 0 aromatic heterocycles. The molecule has 1 aromatic rings. The summed E-state index contributed by atoms with van der Waals surface area (Å²) in [6.07, 6.45) is 4.97. The lowest BCUT2D eigenvalue weighted by atomic mass is 9.79. The molecule has 0 heterocycles. The van der Waals surface area contributed by atoms with E-state index in [0.29, 0.717) is 0 Å². The molecule has 0 spiro atoms. The largest absolute Gasteiger partial charge is 0.481 e. The third-order valence-electron chi connectivity index (χ3n) is 4.51. The van der Waals surface area contributed by atoms with Crippen molar-refractivity contribution in [3.63, 3.8) is 0 Å². The van der Waals surface area contributed by atoms with Crippen molar-refractivity contribution in [3.8, 4) is 0 Å². The maximum absolute atomic E-state index is 11.3. The molecule has 116 valence electrons. The lowest BCUT2D eigenvalue weighted by Gasteiger charge is -2.30. The topological polar surface area (TPSA) is 49.3 Å². The van der Waals surface area contributed by atoms with E-state index in [1.165, 1.54) is 5.56 Å². The van der Waals surface area contributed by atoms with Crippen molar-refractivity contribution in [1.82, 2.24) is 5.32 Å². The molecular formula is C17H24ClNO2. The maximum Gasteiger partial charge on any atom is 0.306 e.